The minimum Gasteiger partial charge on any atom is -0.444 e. The van der Waals surface area contributed by atoms with E-state index >= 15 is 0 Å². The van der Waals surface area contributed by atoms with Crippen LogP contribution in [0.5, 0.6) is 0 Å². The standard InChI is InChI=1S/C19H32N4O2/c1-5-16-20-12-15(21-16)13-22-9-6-19(7-10-22)8-11-23(14-19)17(24)25-18(2,3)4/h12H,5-11,13-14H2,1-4H3,(H,20,21). The van der Waals surface area contributed by atoms with Gasteiger partial charge in [-0.15, -0.1) is 0 Å². The highest BCUT2D eigenvalue weighted by Gasteiger charge is 2.43. The minimum absolute atomic E-state index is 0.156. The third kappa shape index (κ3) is 4.54. The van der Waals surface area contributed by atoms with Crippen molar-refractivity contribution in [2.75, 3.05) is 26.2 Å². The molecule has 1 aromatic heterocycles. The lowest BCUT2D eigenvalue weighted by molar-refractivity contribution is 0.0245. The van der Waals surface area contributed by atoms with E-state index < -0.39 is 5.60 Å². The van der Waals surface area contributed by atoms with Crippen molar-refractivity contribution in [3.63, 3.8) is 0 Å². The average molecular weight is 348 g/mol. The number of ether oxygens (including phenoxy) is 1. The van der Waals surface area contributed by atoms with Gasteiger partial charge in [-0.2, -0.15) is 0 Å². The summed E-state index contributed by atoms with van der Waals surface area (Å²) in [5.74, 6) is 1.06. The Balaban J connectivity index is 1.49. The van der Waals surface area contributed by atoms with Gasteiger partial charge in [0, 0.05) is 37.9 Å². The van der Waals surface area contributed by atoms with Crippen molar-refractivity contribution >= 4 is 6.09 Å². The van der Waals surface area contributed by atoms with Crippen LogP contribution in [-0.4, -0.2) is 57.6 Å². The van der Waals surface area contributed by atoms with Crippen molar-refractivity contribution in [3.8, 4) is 0 Å². The predicted molar refractivity (Wildman–Crippen MR) is 97.3 cm³/mol. The van der Waals surface area contributed by atoms with Gasteiger partial charge < -0.3 is 14.6 Å². The summed E-state index contributed by atoms with van der Waals surface area (Å²) >= 11 is 0. The van der Waals surface area contributed by atoms with E-state index in [1.165, 1.54) is 5.69 Å². The van der Waals surface area contributed by atoms with Crippen LogP contribution in [0.3, 0.4) is 0 Å². The summed E-state index contributed by atoms with van der Waals surface area (Å²) in [5, 5.41) is 0. The van der Waals surface area contributed by atoms with Gasteiger partial charge in [-0.05, 0) is 58.5 Å². The molecule has 25 heavy (non-hydrogen) atoms. The number of nitrogens with one attached hydrogen (secondary N) is 1. The number of carbonyl (C=O) groups is 1. The third-order valence-electron chi connectivity index (χ3n) is 5.42. The van der Waals surface area contributed by atoms with Gasteiger partial charge >= 0.3 is 6.09 Å². The summed E-state index contributed by atoms with van der Waals surface area (Å²) in [5.41, 5.74) is 1.07. The first-order valence-corrected chi connectivity index (χ1v) is 9.52. The first-order chi connectivity index (χ1) is 11.8. The lowest BCUT2D eigenvalue weighted by Gasteiger charge is -2.39. The molecule has 2 aliphatic rings. The largest absolute Gasteiger partial charge is 0.444 e. The zero-order valence-electron chi connectivity index (χ0n) is 16.1. The molecule has 0 aromatic carbocycles. The van der Waals surface area contributed by atoms with E-state index in [0.717, 1.165) is 64.2 Å². The van der Waals surface area contributed by atoms with Gasteiger partial charge in [0.2, 0.25) is 0 Å². The SMILES string of the molecule is CCc1ncc(CN2CCC3(CC2)CCN(C(=O)OC(C)(C)C)C3)[nH]1. The van der Waals surface area contributed by atoms with Crippen LogP contribution in [0.25, 0.3) is 0 Å². The molecule has 1 N–H and O–H groups in total. The lowest BCUT2D eigenvalue weighted by Crippen LogP contribution is -2.42. The van der Waals surface area contributed by atoms with E-state index in [0.29, 0.717) is 0 Å². The van der Waals surface area contributed by atoms with Crippen LogP contribution in [0.1, 0.15) is 58.5 Å². The van der Waals surface area contributed by atoms with E-state index in [2.05, 4.69) is 21.8 Å². The molecule has 0 aliphatic carbocycles. The number of amides is 1. The number of nitrogens with zero attached hydrogens (tertiary/aromatic N) is 3. The summed E-state index contributed by atoms with van der Waals surface area (Å²) < 4.78 is 5.53. The van der Waals surface area contributed by atoms with Gasteiger partial charge in [-0.25, -0.2) is 9.78 Å². The van der Waals surface area contributed by atoms with Crippen LogP contribution in [0.2, 0.25) is 0 Å². The Kier molecular flexibility index (Phi) is 5.09. The van der Waals surface area contributed by atoms with Crippen LogP contribution in [0, 0.1) is 5.41 Å². The zero-order valence-corrected chi connectivity index (χ0v) is 16.1. The zero-order chi connectivity index (χ0) is 18.1. The molecule has 1 spiro atoms. The fourth-order valence-electron chi connectivity index (χ4n) is 3.92. The fraction of sp³-hybridized carbons (Fsp3) is 0.789. The van der Waals surface area contributed by atoms with Crippen LogP contribution < -0.4 is 0 Å². The third-order valence-corrected chi connectivity index (χ3v) is 5.42. The van der Waals surface area contributed by atoms with Crippen LogP contribution in [-0.2, 0) is 17.7 Å². The van der Waals surface area contributed by atoms with E-state index in [9.17, 15) is 4.79 Å². The first kappa shape index (κ1) is 18.2. The maximum Gasteiger partial charge on any atom is 0.410 e. The molecular formula is C19H32N4O2. The van der Waals surface area contributed by atoms with Crippen molar-refractivity contribution in [1.29, 1.82) is 0 Å². The molecule has 0 unspecified atom stereocenters. The Hall–Kier alpha value is -1.56. The van der Waals surface area contributed by atoms with Gasteiger partial charge in [0.1, 0.15) is 11.4 Å². The number of likely N-dealkylation sites (tertiary alicyclic amines) is 2. The summed E-state index contributed by atoms with van der Waals surface area (Å²) in [4.78, 5) is 24.5. The van der Waals surface area contributed by atoms with Crippen LogP contribution >= 0.6 is 0 Å². The van der Waals surface area contributed by atoms with E-state index in [4.69, 9.17) is 4.74 Å². The minimum atomic E-state index is -0.419. The molecule has 0 radical (unpaired) electrons. The maximum atomic E-state index is 12.3. The number of imidazole rings is 1. The summed E-state index contributed by atoms with van der Waals surface area (Å²) in [6, 6.07) is 0. The fourth-order valence-corrected chi connectivity index (χ4v) is 3.92. The molecule has 1 amide bonds. The Bertz CT molecular complexity index is 597. The predicted octanol–water partition coefficient (Wildman–Crippen LogP) is 3.20. The number of H-pyrrole nitrogens is 1. The molecule has 3 rings (SSSR count). The molecule has 140 valence electrons. The quantitative estimate of drug-likeness (QED) is 0.911. The lowest BCUT2D eigenvalue weighted by atomic mass is 9.78. The first-order valence-electron chi connectivity index (χ1n) is 9.52. The number of hydrogen-bond acceptors (Lipinski definition) is 4. The van der Waals surface area contributed by atoms with Gasteiger partial charge in [0.25, 0.3) is 0 Å². The topological polar surface area (TPSA) is 61.5 Å². The maximum absolute atomic E-state index is 12.3. The summed E-state index contributed by atoms with van der Waals surface area (Å²) in [6.45, 7) is 12.7. The number of hydrogen-bond donors (Lipinski definition) is 1. The van der Waals surface area contributed by atoms with Gasteiger partial charge in [0.15, 0.2) is 0 Å². The van der Waals surface area contributed by atoms with Gasteiger partial charge in [-0.3, -0.25) is 4.90 Å². The molecule has 6 nitrogen and oxygen atoms in total. The molecule has 2 saturated heterocycles. The Labute approximate surface area is 150 Å². The highest BCUT2D eigenvalue weighted by atomic mass is 16.6. The summed E-state index contributed by atoms with van der Waals surface area (Å²) in [7, 11) is 0. The van der Waals surface area contributed by atoms with Crippen molar-refractivity contribution in [1.82, 2.24) is 19.8 Å². The number of piperidine rings is 1. The highest BCUT2D eigenvalue weighted by molar-refractivity contribution is 5.68. The van der Waals surface area contributed by atoms with Crippen LogP contribution in [0.4, 0.5) is 4.79 Å². The van der Waals surface area contributed by atoms with Gasteiger partial charge in [0.05, 0.1) is 0 Å². The molecule has 3 heterocycles. The molecule has 0 saturated carbocycles. The monoisotopic (exact) mass is 348 g/mol. The number of carbonyl (C=O) groups excluding carboxylic acids is 1. The Morgan fingerprint density at radius 3 is 2.56 bits per heavy atom. The Morgan fingerprint density at radius 1 is 1.28 bits per heavy atom. The molecule has 6 heteroatoms. The highest BCUT2D eigenvalue weighted by Crippen LogP contribution is 2.41. The van der Waals surface area contributed by atoms with Crippen LogP contribution in [0.15, 0.2) is 6.20 Å². The second-order valence-electron chi connectivity index (χ2n) is 8.64. The second-order valence-corrected chi connectivity index (χ2v) is 8.64. The number of aromatic nitrogens is 2. The number of aryl methyl sites for hydroxylation is 1. The molecule has 2 fully saturated rings. The molecule has 2 aliphatic heterocycles. The number of aromatic amines is 1. The molecule has 0 atom stereocenters. The van der Waals surface area contributed by atoms with E-state index in [1.54, 1.807) is 0 Å². The van der Waals surface area contributed by atoms with Crippen molar-refractivity contribution in [2.45, 2.75) is 65.5 Å². The molecular weight excluding hydrogens is 316 g/mol. The van der Waals surface area contributed by atoms with Crippen molar-refractivity contribution in [3.05, 3.63) is 17.7 Å². The van der Waals surface area contributed by atoms with E-state index in [1.807, 2.05) is 31.9 Å². The molecule has 1 aromatic rings. The normalized spacial score (nSPS) is 21.0. The molecule has 0 bridgehead atoms. The summed E-state index contributed by atoms with van der Waals surface area (Å²) in [6.07, 6.45) is 6.16. The van der Waals surface area contributed by atoms with Crippen molar-refractivity contribution in [2.24, 2.45) is 5.41 Å². The smallest absolute Gasteiger partial charge is 0.410 e. The Morgan fingerprint density at radius 2 is 1.96 bits per heavy atom. The average Bonchev–Trinajstić information content (AvgIpc) is 3.16. The van der Waals surface area contributed by atoms with Crippen molar-refractivity contribution < 1.29 is 9.53 Å². The second kappa shape index (κ2) is 6.98. The van der Waals surface area contributed by atoms with E-state index in [-0.39, 0.29) is 11.5 Å². The van der Waals surface area contributed by atoms with Gasteiger partial charge in [-0.1, -0.05) is 6.92 Å². The number of rotatable bonds is 3.